The summed E-state index contributed by atoms with van der Waals surface area (Å²) in [5.41, 5.74) is 4.43. The predicted molar refractivity (Wildman–Crippen MR) is 82.0 cm³/mol. The smallest absolute Gasteiger partial charge is 0.289 e. The van der Waals surface area contributed by atoms with Crippen molar-refractivity contribution in [2.75, 3.05) is 23.9 Å². The number of carboxylic acid groups (broad SMARTS) is 1. The fourth-order valence-corrected chi connectivity index (χ4v) is 5.41. The number of quaternary nitrogens is 1. The first kappa shape index (κ1) is 15.6. The van der Waals surface area contributed by atoms with Crippen LogP contribution in [0, 0.1) is 0 Å². The zero-order valence-electron chi connectivity index (χ0n) is 11.6. The van der Waals surface area contributed by atoms with Crippen LogP contribution in [0.5, 0.6) is 0 Å². The summed E-state index contributed by atoms with van der Waals surface area (Å²) in [6.45, 7) is 0. The molecule has 1 amide bonds. The van der Waals surface area contributed by atoms with Gasteiger partial charge in [-0.05, 0) is 5.57 Å². The number of carbonyl (C=O) groups excluding carboxylic acids is 2. The summed E-state index contributed by atoms with van der Waals surface area (Å²) in [6, 6.07) is -0.380. The molecule has 2 aliphatic heterocycles. The first-order chi connectivity index (χ1) is 10.5. The van der Waals surface area contributed by atoms with Gasteiger partial charge in [0.2, 0.25) is 5.13 Å². The zero-order chi connectivity index (χ0) is 15.9. The average Bonchev–Trinajstić information content (AvgIpc) is 2.99. The Balaban J connectivity index is 1.78. The van der Waals surface area contributed by atoms with Crippen molar-refractivity contribution in [2.45, 2.75) is 15.8 Å². The highest BCUT2D eigenvalue weighted by Gasteiger charge is 2.53. The van der Waals surface area contributed by atoms with E-state index in [0.29, 0.717) is 22.2 Å². The van der Waals surface area contributed by atoms with Crippen molar-refractivity contribution in [2.24, 2.45) is 0 Å². The standard InChI is InChI=1S/C11H13N5O3S3/c1-13-10-14-15-11(22-10)21-3-4-2-20-8-5(12)7(17)16(8)6(4)9(18)19/h5,8H,2-3,12H2,1H3,(H,13,14)(H,18,19)/t5-,8-/m0/s1. The maximum absolute atomic E-state index is 11.9. The molecule has 3 heterocycles. The number of carboxylic acids is 1. The maximum Gasteiger partial charge on any atom is 0.289 e. The van der Waals surface area contributed by atoms with Gasteiger partial charge in [-0.25, -0.2) is 0 Å². The molecule has 4 N–H and O–H groups in total. The number of nitrogens with zero attached hydrogens (tertiary/aromatic N) is 3. The van der Waals surface area contributed by atoms with Gasteiger partial charge in [-0.15, -0.1) is 22.0 Å². The number of rotatable bonds is 5. The number of nitrogens with one attached hydrogen (secondary N) is 1. The summed E-state index contributed by atoms with van der Waals surface area (Å²) in [7, 11) is 1.76. The SMILES string of the molecule is CNc1nnc(SCC2=C(C(=O)[O-])N3C(=O)[C@H]([NH3+])[C@@H]3SC2)s1. The molecule has 0 aliphatic carbocycles. The monoisotopic (exact) mass is 359 g/mol. The Morgan fingerprint density at radius 2 is 2.36 bits per heavy atom. The lowest BCUT2D eigenvalue weighted by Crippen LogP contribution is -2.83. The Labute approximate surface area is 138 Å². The van der Waals surface area contributed by atoms with Gasteiger partial charge in [-0.1, -0.05) is 23.1 Å². The molecule has 1 aromatic rings. The molecule has 8 nitrogen and oxygen atoms in total. The number of β-lactam (4-membered cyclic amide) rings is 1. The minimum atomic E-state index is -1.31. The second kappa shape index (κ2) is 6.07. The van der Waals surface area contributed by atoms with E-state index in [2.05, 4.69) is 21.2 Å². The largest absolute Gasteiger partial charge is 0.543 e. The zero-order valence-corrected chi connectivity index (χ0v) is 14.0. The molecule has 0 saturated carbocycles. The number of hydrogen-bond donors (Lipinski definition) is 2. The maximum atomic E-state index is 11.9. The highest BCUT2D eigenvalue weighted by Crippen LogP contribution is 2.40. The number of carbonyl (C=O) groups is 2. The van der Waals surface area contributed by atoms with E-state index in [0.717, 1.165) is 4.34 Å². The van der Waals surface area contributed by atoms with Crippen molar-refractivity contribution >= 4 is 51.9 Å². The summed E-state index contributed by atoms with van der Waals surface area (Å²) in [5, 5.41) is 22.8. The Morgan fingerprint density at radius 3 is 3.00 bits per heavy atom. The van der Waals surface area contributed by atoms with Gasteiger partial charge in [0.1, 0.15) is 5.37 Å². The molecule has 2 aliphatic rings. The van der Waals surface area contributed by atoms with Crippen LogP contribution < -0.4 is 16.2 Å². The quantitative estimate of drug-likeness (QED) is 0.466. The van der Waals surface area contributed by atoms with Crippen molar-refractivity contribution < 1.29 is 20.4 Å². The van der Waals surface area contributed by atoms with E-state index < -0.39 is 5.97 Å². The highest BCUT2D eigenvalue weighted by molar-refractivity contribution is 8.01. The molecule has 3 rings (SSSR count). The van der Waals surface area contributed by atoms with Gasteiger partial charge in [0.05, 0.1) is 11.7 Å². The lowest BCUT2D eigenvalue weighted by molar-refractivity contribution is -0.424. The number of aromatic nitrogens is 2. The first-order valence-corrected chi connectivity index (χ1v) is 9.23. The molecule has 2 atom stereocenters. The van der Waals surface area contributed by atoms with Crippen LogP contribution in [0.2, 0.25) is 0 Å². The Kier molecular flexibility index (Phi) is 4.30. The molecule has 0 spiro atoms. The van der Waals surface area contributed by atoms with E-state index in [1.807, 2.05) is 0 Å². The van der Waals surface area contributed by atoms with Crippen molar-refractivity contribution in [1.29, 1.82) is 0 Å². The van der Waals surface area contributed by atoms with Gasteiger partial charge in [0.25, 0.3) is 5.91 Å². The van der Waals surface area contributed by atoms with Crippen LogP contribution in [-0.4, -0.2) is 56.9 Å². The number of anilines is 1. The van der Waals surface area contributed by atoms with Crippen LogP contribution in [0.3, 0.4) is 0 Å². The molecule has 1 fully saturated rings. The minimum Gasteiger partial charge on any atom is -0.543 e. The van der Waals surface area contributed by atoms with E-state index in [1.54, 1.807) is 7.05 Å². The second-order valence-electron chi connectivity index (χ2n) is 4.67. The summed E-state index contributed by atoms with van der Waals surface area (Å²) >= 11 is 4.33. The third-order valence-electron chi connectivity index (χ3n) is 3.34. The fourth-order valence-electron chi connectivity index (χ4n) is 2.25. The van der Waals surface area contributed by atoms with Crippen LogP contribution in [-0.2, 0) is 9.59 Å². The van der Waals surface area contributed by atoms with Crippen LogP contribution in [0.1, 0.15) is 0 Å². The van der Waals surface area contributed by atoms with Crippen LogP contribution >= 0.6 is 34.9 Å². The van der Waals surface area contributed by atoms with Gasteiger partial charge in [0, 0.05) is 18.6 Å². The molecular formula is C11H13N5O3S3. The van der Waals surface area contributed by atoms with Crippen molar-refractivity contribution in [3.05, 3.63) is 11.3 Å². The lowest BCUT2D eigenvalue weighted by Gasteiger charge is -2.47. The van der Waals surface area contributed by atoms with Gasteiger partial charge in [-0.3, -0.25) is 9.69 Å². The number of thioether (sulfide) groups is 2. The average molecular weight is 359 g/mol. The van der Waals surface area contributed by atoms with Crippen molar-refractivity contribution in [3.63, 3.8) is 0 Å². The minimum absolute atomic E-state index is 0.000458. The molecule has 22 heavy (non-hydrogen) atoms. The van der Waals surface area contributed by atoms with Crippen LogP contribution in [0.25, 0.3) is 0 Å². The highest BCUT2D eigenvalue weighted by atomic mass is 32.2. The number of amides is 1. The predicted octanol–water partition coefficient (Wildman–Crippen LogP) is -1.80. The summed E-state index contributed by atoms with van der Waals surface area (Å²) in [5.74, 6) is -0.580. The fraction of sp³-hybridized carbons (Fsp3) is 0.455. The Morgan fingerprint density at radius 1 is 1.59 bits per heavy atom. The van der Waals surface area contributed by atoms with E-state index in [1.165, 1.54) is 39.8 Å². The third-order valence-corrected chi connectivity index (χ3v) is 6.90. The van der Waals surface area contributed by atoms with Crippen LogP contribution in [0.4, 0.5) is 5.13 Å². The van der Waals surface area contributed by atoms with Gasteiger partial charge in [-0.2, -0.15) is 0 Å². The van der Waals surface area contributed by atoms with Crippen molar-refractivity contribution in [3.8, 4) is 0 Å². The molecule has 0 unspecified atom stereocenters. The van der Waals surface area contributed by atoms with Crippen molar-refractivity contribution in [1.82, 2.24) is 15.1 Å². The number of aliphatic carboxylic acids is 1. The Bertz CT molecular complexity index is 661. The van der Waals surface area contributed by atoms with Gasteiger partial charge >= 0.3 is 0 Å². The molecule has 0 aromatic carbocycles. The second-order valence-corrected chi connectivity index (χ2v) is 7.97. The normalized spacial score (nSPS) is 24.1. The topological polar surface area (TPSA) is 126 Å². The number of hydrogen-bond acceptors (Lipinski definition) is 9. The van der Waals surface area contributed by atoms with Gasteiger partial charge in [0.15, 0.2) is 10.4 Å². The van der Waals surface area contributed by atoms with Crippen LogP contribution in [0.15, 0.2) is 15.6 Å². The summed E-state index contributed by atoms with van der Waals surface area (Å²) in [6.07, 6.45) is 0. The molecule has 1 saturated heterocycles. The van der Waals surface area contributed by atoms with E-state index in [-0.39, 0.29) is 23.0 Å². The molecule has 1 aromatic heterocycles. The van der Waals surface area contributed by atoms with Gasteiger partial charge < -0.3 is 21.0 Å². The first-order valence-electron chi connectivity index (χ1n) is 6.38. The number of fused-ring (bicyclic) bond motifs is 1. The van der Waals surface area contributed by atoms with E-state index in [9.17, 15) is 14.7 Å². The molecule has 118 valence electrons. The van der Waals surface area contributed by atoms with E-state index in [4.69, 9.17) is 0 Å². The third kappa shape index (κ3) is 2.57. The molecular weight excluding hydrogens is 346 g/mol. The molecule has 0 bridgehead atoms. The van der Waals surface area contributed by atoms with E-state index >= 15 is 0 Å². The summed E-state index contributed by atoms with van der Waals surface area (Å²) < 4.78 is 0.742. The Hall–Kier alpha value is -1.30. The molecule has 0 radical (unpaired) electrons. The lowest BCUT2D eigenvalue weighted by atomic mass is 10.0. The summed E-state index contributed by atoms with van der Waals surface area (Å²) in [4.78, 5) is 24.6. The molecule has 11 heteroatoms.